The molecule has 3 aromatic rings. The molecule has 12 heteroatoms. The van der Waals surface area contributed by atoms with E-state index >= 15 is 0 Å². The van der Waals surface area contributed by atoms with Gasteiger partial charge in [-0.25, -0.2) is 9.59 Å². The summed E-state index contributed by atoms with van der Waals surface area (Å²) in [5, 5.41) is 11.4. The molecule has 1 atom stereocenters. The maximum atomic E-state index is 13.7. The molecule has 0 fully saturated rings. The fraction of sp³-hybridized carbons (Fsp3) is 0.417. The van der Waals surface area contributed by atoms with E-state index in [1.165, 1.54) is 19.2 Å². The largest absolute Gasteiger partial charge is 0.494 e. The van der Waals surface area contributed by atoms with Crippen molar-refractivity contribution in [2.75, 3.05) is 7.11 Å². The fourth-order valence-electron chi connectivity index (χ4n) is 4.40. The Bertz CT molecular complexity index is 1550. The van der Waals surface area contributed by atoms with E-state index in [0.717, 1.165) is 22.0 Å². The van der Waals surface area contributed by atoms with Crippen molar-refractivity contribution in [1.82, 2.24) is 19.1 Å². The van der Waals surface area contributed by atoms with Crippen LogP contribution in [0.2, 0.25) is 5.02 Å². The molecule has 2 aromatic heterocycles. The first-order valence-electron chi connectivity index (χ1n) is 11.7. The molecule has 1 aliphatic rings. The Morgan fingerprint density at radius 2 is 1.64 bits per heavy atom. The lowest BCUT2D eigenvalue weighted by Crippen LogP contribution is -2.41. The predicted octanol–water partition coefficient (Wildman–Crippen LogP) is 2.64. The van der Waals surface area contributed by atoms with Gasteiger partial charge in [0.25, 0.3) is 11.1 Å². The Kier molecular flexibility index (Phi) is 7.11. The van der Waals surface area contributed by atoms with Gasteiger partial charge in [-0.3, -0.25) is 28.7 Å². The number of halogens is 1. The summed E-state index contributed by atoms with van der Waals surface area (Å²) in [7, 11) is 1.39. The molecule has 1 aromatic carbocycles. The average Bonchev–Trinajstić information content (AvgIpc) is 2.83. The SMILES string of the molecule is CCCCn1c(O)c([C@@H]2c3cc(Cl)cc(OC)c3Oc3[nH]c(=O)n(CCCC)c(=O)c32)c(=O)[nH]c1=O. The molecule has 0 amide bonds. The van der Waals surface area contributed by atoms with Crippen molar-refractivity contribution in [2.24, 2.45) is 0 Å². The molecule has 1 aliphatic heterocycles. The molecule has 4 rings (SSSR count). The number of ether oxygens (including phenoxy) is 2. The number of aromatic hydroxyl groups is 1. The summed E-state index contributed by atoms with van der Waals surface area (Å²) in [5.41, 5.74) is -3.04. The number of benzene rings is 1. The van der Waals surface area contributed by atoms with Crippen molar-refractivity contribution in [1.29, 1.82) is 0 Å². The van der Waals surface area contributed by atoms with Gasteiger partial charge in [-0.1, -0.05) is 38.3 Å². The molecule has 0 bridgehead atoms. The first-order chi connectivity index (χ1) is 17.2. The third kappa shape index (κ3) is 4.23. The second-order valence-electron chi connectivity index (χ2n) is 8.55. The summed E-state index contributed by atoms with van der Waals surface area (Å²) < 4.78 is 13.4. The van der Waals surface area contributed by atoms with Crippen LogP contribution in [0.1, 0.15) is 62.1 Å². The molecule has 36 heavy (non-hydrogen) atoms. The van der Waals surface area contributed by atoms with E-state index in [1.54, 1.807) is 0 Å². The minimum atomic E-state index is -1.22. The van der Waals surface area contributed by atoms with Gasteiger partial charge in [0.05, 0.1) is 24.2 Å². The maximum Gasteiger partial charge on any atom is 0.331 e. The highest BCUT2D eigenvalue weighted by Gasteiger charge is 2.39. The minimum absolute atomic E-state index is 0.0657. The number of nitrogens with one attached hydrogen (secondary N) is 2. The number of rotatable bonds is 8. The lowest BCUT2D eigenvalue weighted by molar-refractivity contribution is 0.354. The molecule has 0 saturated heterocycles. The molecule has 0 spiro atoms. The number of fused-ring (bicyclic) bond motifs is 2. The van der Waals surface area contributed by atoms with Crippen molar-refractivity contribution >= 4 is 11.6 Å². The molecular formula is C24H27ClN4O7. The Morgan fingerprint density at radius 1 is 1.00 bits per heavy atom. The van der Waals surface area contributed by atoms with E-state index in [2.05, 4.69) is 9.97 Å². The van der Waals surface area contributed by atoms with Gasteiger partial charge in [0, 0.05) is 29.7 Å². The minimum Gasteiger partial charge on any atom is -0.494 e. The van der Waals surface area contributed by atoms with Gasteiger partial charge < -0.3 is 14.6 Å². The van der Waals surface area contributed by atoms with E-state index in [0.29, 0.717) is 12.8 Å². The second-order valence-corrected chi connectivity index (χ2v) is 8.98. The number of H-pyrrole nitrogens is 2. The zero-order valence-electron chi connectivity index (χ0n) is 20.1. The number of aromatic amines is 2. The Labute approximate surface area is 209 Å². The van der Waals surface area contributed by atoms with Crippen molar-refractivity contribution in [3.63, 3.8) is 0 Å². The van der Waals surface area contributed by atoms with E-state index in [4.69, 9.17) is 21.1 Å². The predicted molar refractivity (Wildman–Crippen MR) is 133 cm³/mol. The van der Waals surface area contributed by atoms with E-state index in [1.807, 2.05) is 13.8 Å². The first-order valence-corrected chi connectivity index (χ1v) is 12.1. The highest BCUT2D eigenvalue weighted by atomic mass is 35.5. The number of unbranched alkanes of at least 4 members (excludes halogenated alkanes) is 2. The van der Waals surface area contributed by atoms with E-state index < -0.39 is 34.3 Å². The van der Waals surface area contributed by atoms with Gasteiger partial charge in [0.1, 0.15) is 0 Å². The van der Waals surface area contributed by atoms with Crippen LogP contribution in [0.5, 0.6) is 23.3 Å². The van der Waals surface area contributed by atoms with Crippen molar-refractivity contribution < 1.29 is 14.6 Å². The molecule has 3 heterocycles. The fourth-order valence-corrected chi connectivity index (χ4v) is 4.62. The smallest absolute Gasteiger partial charge is 0.331 e. The van der Waals surface area contributed by atoms with Gasteiger partial charge in [0.2, 0.25) is 11.8 Å². The summed E-state index contributed by atoms with van der Waals surface area (Å²) in [6.45, 7) is 4.14. The average molecular weight is 519 g/mol. The summed E-state index contributed by atoms with van der Waals surface area (Å²) >= 11 is 6.33. The van der Waals surface area contributed by atoms with Crippen LogP contribution in [-0.4, -0.2) is 31.3 Å². The van der Waals surface area contributed by atoms with Gasteiger partial charge in [-0.2, -0.15) is 0 Å². The van der Waals surface area contributed by atoms with Crippen LogP contribution in [0.3, 0.4) is 0 Å². The zero-order valence-corrected chi connectivity index (χ0v) is 20.9. The van der Waals surface area contributed by atoms with E-state index in [9.17, 15) is 24.3 Å². The molecule has 0 unspecified atom stereocenters. The quantitative estimate of drug-likeness (QED) is 0.324. The van der Waals surface area contributed by atoms with Gasteiger partial charge >= 0.3 is 11.4 Å². The molecule has 11 nitrogen and oxygen atoms in total. The zero-order chi connectivity index (χ0) is 26.1. The highest BCUT2D eigenvalue weighted by Crippen LogP contribution is 2.50. The Morgan fingerprint density at radius 3 is 2.28 bits per heavy atom. The number of hydrogen-bond donors (Lipinski definition) is 3. The third-order valence-electron chi connectivity index (χ3n) is 6.22. The Balaban J connectivity index is 2.12. The van der Waals surface area contributed by atoms with Crippen molar-refractivity contribution in [3.05, 3.63) is 75.5 Å². The third-order valence-corrected chi connectivity index (χ3v) is 6.44. The van der Waals surface area contributed by atoms with Crippen LogP contribution in [-0.2, 0) is 13.1 Å². The molecule has 192 valence electrons. The monoisotopic (exact) mass is 518 g/mol. The van der Waals surface area contributed by atoms with Crippen LogP contribution in [0.4, 0.5) is 0 Å². The molecule has 0 aliphatic carbocycles. The van der Waals surface area contributed by atoms with Crippen molar-refractivity contribution in [3.8, 4) is 23.3 Å². The van der Waals surface area contributed by atoms with Gasteiger partial charge in [-0.05, 0) is 18.9 Å². The normalized spacial score (nSPS) is 14.2. The van der Waals surface area contributed by atoms with Crippen molar-refractivity contribution in [2.45, 2.75) is 58.5 Å². The lowest BCUT2D eigenvalue weighted by atomic mass is 9.84. The summed E-state index contributed by atoms with van der Waals surface area (Å²) in [6.07, 6.45) is 2.61. The van der Waals surface area contributed by atoms with Gasteiger partial charge in [-0.15, -0.1) is 0 Å². The topological polar surface area (TPSA) is 148 Å². The van der Waals surface area contributed by atoms with Crippen LogP contribution in [0.15, 0.2) is 31.3 Å². The molecule has 0 saturated carbocycles. The maximum absolute atomic E-state index is 13.7. The second kappa shape index (κ2) is 10.1. The number of hydrogen-bond acceptors (Lipinski definition) is 7. The van der Waals surface area contributed by atoms with E-state index in [-0.39, 0.29) is 52.2 Å². The highest BCUT2D eigenvalue weighted by molar-refractivity contribution is 6.30. The van der Waals surface area contributed by atoms with Crippen LogP contribution in [0, 0.1) is 0 Å². The van der Waals surface area contributed by atoms with Crippen LogP contribution < -0.4 is 32.0 Å². The number of nitrogens with zero attached hydrogens (tertiary/aromatic N) is 2. The first kappa shape index (κ1) is 25.4. The van der Waals surface area contributed by atoms with Crippen LogP contribution >= 0.6 is 11.6 Å². The number of methoxy groups -OCH3 is 1. The molecule has 0 radical (unpaired) electrons. The molecule has 3 N–H and O–H groups in total. The standard InChI is InChI=1S/C24H27ClN4O7/c1-4-6-8-28-21(31)16(19(30)26-23(28)33)15-13-10-12(25)11-14(35-3)18(13)36-20-17(15)22(32)29(9-7-5-2)24(34)27-20/h10-11,15,31H,4-9H2,1-3H3,(H,27,34)(H,26,30,33)/t15-/m0/s1. The lowest BCUT2D eigenvalue weighted by Gasteiger charge is -2.29. The molecular weight excluding hydrogens is 492 g/mol. The summed E-state index contributed by atoms with van der Waals surface area (Å²) in [5.74, 6) is -1.66. The Hall–Kier alpha value is -3.73. The van der Waals surface area contributed by atoms with Crippen LogP contribution in [0.25, 0.3) is 0 Å². The van der Waals surface area contributed by atoms with Gasteiger partial charge in [0.15, 0.2) is 11.5 Å². The number of aromatic nitrogens is 4. The summed E-state index contributed by atoms with van der Waals surface area (Å²) in [4.78, 5) is 56.9. The summed E-state index contributed by atoms with van der Waals surface area (Å²) in [6, 6.07) is 2.98.